The van der Waals surface area contributed by atoms with Gasteiger partial charge in [0.1, 0.15) is 10.3 Å². The van der Waals surface area contributed by atoms with Crippen LogP contribution in [0.3, 0.4) is 0 Å². The molecular formula is C10H12N2S. The number of rotatable bonds is 3. The number of aromatic nitrogens is 2. The van der Waals surface area contributed by atoms with Crippen LogP contribution >= 0.6 is 11.3 Å². The molecule has 2 heterocycles. The first-order valence-corrected chi connectivity index (χ1v) is 5.47. The van der Waals surface area contributed by atoms with Crippen molar-refractivity contribution in [1.82, 2.24) is 9.97 Å². The summed E-state index contributed by atoms with van der Waals surface area (Å²) in [6.45, 7) is 2.19. The lowest BCUT2D eigenvalue weighted by molar-refractivity contribution is 0.776. The molecule has 0 aliphatic rings. The molecule has 0 atom stereocenters. The van der Waals surface area contributed by atoms with Crippen molar-refractivity contribution >= 4 is 21.7 Å². The van der Waals surface area contributed by atoms with E-state index in [-0.39, 0.29) is 0 Å². The molecule has 2 rings (SSSR count). The van der Waals surface area contributed by atoms with Gasteiger partial charge in [0, 0.05) is 0 Å². The highest BCUT2D eigenvalue weighted by molar-refractivity contribution is 7.16. The van der Waals surface area contributed by atoms with Crippen LogP contribution < -0.4 is 0 Å². The van der Waals surface area contributed by atoms with Crippen molar-refractivity contribution in [3.63, 3.8) is 0 Å². The Morgan fingerprint density at radius 3 is 3.23 bits per heavy atom. The third-order valence-corrected chi connectivity index (χ3v) is 2.82. The lowest BCUT2D eigenvalue weighted by Crippen LogP contribution is -1.90. The zero-order valence-corrected chi connectivity index (χ0v) is 8.47. The molecule has 0 spiro atoms. The van der Waals surface area contributed by atoms with Crippen molar-refractivity contribution in [3.8, 4) is 0 Å². The molecule has 2 aromatic rings. The first-order chi connectivity index (χ1) is 6.40. The summed E-state index contributed by atoms with van der Waals surface area (Å²) >= 11 is 1.65. The third kappa shape index (κ3) is 1.86. The fourth-order valence-electron chi connectivity index (χ4n) is 1.27. The molecule has 3 heteroatoms. The maximum absolute atomic E-state index is 4.52. The highest BCUT2D eigenvalue weighted by atomic mass is 32.1. The van der Waals surface area contributed by atoms with Gasteiger partial charge in [-0.3, -0.25) is 0 Å². The Morgan fingerprint density at radius 1 is 1.46 bits per heavy atom. The Labute approximate surface area is 81.7 Å². The fraction of sp³-hybridized carbons (Fsp3) is 0.400. The Morgan fingerprint density at radius 2 is 2.38 bits per heavy atom. The summed E-state index contributed by atoms with van der Waals surface area (Å²) < 4.78 is 0. The average Bonchev–Trinajstić information content (AvgIpc) is 2.61. The Bertz CT molecular complexity index is 394. The first kappa shape index (κ1) is 8.63. The monoisotopic (exact) mass is 192 g/mol. The van der Waals surface area contributed by atoms with Crippen molar-refractivity contribution in [2.24, 2.45) is 0 Å². The predicted octanol–water partition coefficient (Wildman–Crippen LogP) is 3.03. The van der Waals surface area contributed by atoms with E-state index < -0.39 is 0 Å². The highest BCUT2D eigenvalue weighted by Gasteiger charge is 1.99. The molecule has 0 unspecified atom stereocenters. The van der Waals surface area contributed by atoms with Crippen LogP contribution in [0.5, 0.6) is 0 Å². The summed E-state index contributed by atoms with van der Waals surface area (Å²) in [5, 5.41) is 2.04. The fourth-order valence-corrected chi connectivity index (χ4v) is 1.95. The smallest absolute Gasteiger partial charge is 0.141 e. The molecular weight excluding hydrogens is 180 g/mol. The van der Waals surface area contributed by atoms with Gasteiger partial charge >= 0.3 is 0 Å². The number of nitrogens with zero attached hydrogens (tertiary/aromatic N) is 2. The summed E-state index contributed by atoms with van der Waals surface area (Å²) in [6, 6.07) is 2.03. The van der Waals surface area contributed by atoms with Gasteiger partial charge in [0.15, 0.2) is 0 Å². The molecule has 68 valence electrons. The minimum atomic E-state index is 1.04. The van der Waals surface area contributed by atoms with Crippen LogP contribution in [0.25, 0.3) is 10.3 Å². The normalized spacial score (nSPS) is 10.8. The van der Waals surface area contributed by atoms with Crippen LogP contribution in [0.1, 0.15) is 25.5 Å². The number of hydrogen-bond acceptors (Lipinski definition) is 3. The van der Waals surface area contributed by atoms with Gasteiger partial charge in [-0.1, -0.05) is 13.3 Å². The summed E-state index contributed by atoms with van der Waals surface area (Å²) in [5.41, 5.74) is 2.16. The highest BCUT2D eigenvalue weighted by Crippen LogP contribution is 2.16. The zero-order valence-electron chi connectivity index (χ0n) is 7.66. The van der Waals surface area contributed by atoms with Crippen LogP contribution in [0.4, 0.5) is 0 Å². The average molecular weight is 192 g/mol. The Balaban J connectivity index is 2.26. The van der Waals surface area contributed by atoms with E-state index in [0.29, 0.717) is 0 Å². The van der Waals surface area contributed by atoms with Crippen molar-refractivity contribution in [1.29, 1.82) is 0 Å². The number of unbranched alkanes of at least 4 members (excludes halogenated alkanes) is 1. The van der Waals surface area contributed by atoms with Crippen LogP contribution in [0, 0.1) is 0 Å². The minimum Gasteiger partial charge on any atom is -0.249 e. The largest absolute Gasteiger partial charge is 0.249 e. The summed E-state index contributed by atoms with van der Waals surface area (Å²) in [7, 11) is 0. The molecule has 2 nitrogen and oxygen atoms in total. The van der Waals surface area contributed by atoms with Gasteiger partial charge in [-0.15, -0.1) is 11.3 Å². The van der Waals surface area contributed by atoms with E-state index in [1.807, 2.05) is 17.6 Å². The topological polar surface area (TPSA) is 25.8 Å². The van der Waals surface area contributed by atoms with Gasteiger partial charge in [-0.2, -0.15) is 0 Å². The van der Waals surface area contributed by atoms with Gasteiger partial charge in [0.2, 0.25) is 0 Å². The summed E-state index contributed by atoms with van der Waals surface area (Å²) in [6.07, 6.45) is 5.36. The third-order valence-electron chi connectivity index (χ3n) is 2.01. The van der Waals surface area contributed by atoms with Crippen molar-refractivity contribution in [3.05, 3.63) is 23.3 Å². The van der Waals surface area contributed by atoms with E-state index in [1.165, 1.54) is 12.8 Å². The van der Waals surface area contributed by atoms with Gasteiger partial charge in [-0.05, 0) is 24.3 Å². The molecule has 0 amide bonds. The molecule has 0 N–H and O–H groups in total. The summed E-state index contributed by atoms with van der Waals surface area (Å²) in [4.78, 5) is 9.91. The Hall–Kier alpha value is -0.960. The summed E-state index contributed by atoms with van der Waals surface area (Å²) in [5.74, 6) is 0. The molecule has 0 fully saturated rings. The van der Waals surface area contributed by atoms with Crippen molar-refractivity contribution in [2.75, 3.05) is 0 Å². The number of aryl methyl sites for hydroxylation is 1. The van der Waals surface area contributed by atoms with E-state index in [4.69, 9.17) is 0 Å². The first-order valence-electron chi connectivity index (χ1n) is 4.59. The molecule has 0 saturated heterocycles. The van der Waals surface area contributed by atoms with Crippen LogP contribution in [0.2, 0.25) is 0 Å². The second-order valence-electron chi connectivity index (χ2n) is 3.08. The number of fused-ring (bicyclic) bond motifs is 1. The van der Waals surface area contributed by atoms with E-state index in [2.05, 4.69) is 16.9 Å². The lowest BCUT2D eigenvalue weighted by atomic mass is 10.2. The van der Waals surface area contributed by atoms with Gasteiger partial charge < -0.3 is 0 Å². The van der Waals surface area contributed by atoms with Crippen LogP contribution in [0.15, 0.2) is 17.6 Å². The van der Waals surface area contributed by atoms with Crippen LogP contribution in [-0.2, 0) is 6.42 Å². The van der Waals surface area contributed by atoms with Crippen molar-refractivity contribution < 1.29 is 0 Å². The second-order valence-corrected chi connectivity index (χ2v) is 3.97. The number of hydrogen-bond donors (Lipinski definition) is 0. The van der Waals surface area contributed by atoms with E-state index in [1.54, 1.807) is 11.3 Å². The predicted molar refractivity (Wildman–Crippen MR) is 56.0 cm³/mol. The molecule has 0 radical (unpaired) electrons. The lowest BCUT2D eigenvalue weighted by Gasteiger charge is -1.97. The standard InChI is InChI=1S/C10H12N2S/c1-2-3-4-8-7-11-10-9(12-8)5-6-13-10/h5-7H,2-4H2,1H3. The van der Waals surface area contributed by atoms with E-state index in [9.17, 15) is 0 Å². The Kier molecular flexibility index (Phi) is 2.54. The van der Waals surface area contributed by atoms with E-state index >= 15 is 0 Å². The molecule has 0 aromatic carbocycles. The number of thiophene rings is 1. The minimum absolute atomic E-state index is 1.04. The van der Waals surface area contributed by atoms with Gasteiger partial charge in [0.05, 0.1) is 11.9 Å². The molecule has 0 saturated carbocycles. The van der Waals surface area contributed by atoms with E-state index in [0.717, 1.165) is 22.5 Å². The molecule has 0 aliphatic carbocycles. The second kappa shape index (κ2) is 3.83. The zero-order chi connectivity index (χ0) is 9.10. The maximum atomic E-state index is 4.52. The molecule has 13 heavy (non-hydrogen) atoms. The molecule has 2 aromatic heterocycles. The molecule has 0 aliphatic heterocycles. The van der Waals surface area contributed by atoms with Gasteiger partial charge in [-0.25, -0.2) is 9.97 Å². The van der Waals surface area contributed by atoms with Crippen molar-refractivity contribution in [2.45, 2.75) is 26.2 Å². The van der Waals surface area contributed by atoms with Gasteiger partial charge in [0.25, 0.3) is 0 Å². The molecule has 0 bridgehead atoms. The van der Waals surface area contributed by atoms with Crippen LogP contribution in [-0.4, -0.2) is 9.97 Å². The maximum Gasteiger partial charge on any atom is 0.141 e. The quantitative estimate of drug-likeness (QED) is 0.747. The SMILES string of the molecule is CCCCc1cnc2sccc2n1.